The van der Waals surface area contributed by atoms with Gasteiger partial charge >= 0.3 is 0 Å². The van der Waals surface area contributed by atoms with Crippen molar-refractivity contribution in [3.63, 3.8) is 0 Å². The lowest BCUT2D eigenvalue weighted by Crippen LogP contribution is -1.87. The van der Waals surface area contributed by atoms with Crippen molar-refractivity contribution in [2.45, 2.75) is 32.6 Å². The maximum absolute atomic E-state index is 9.94. The van der Waals surface area contributed by atoms with Gasteiger partial charge in [-0.25, -0.2) is 0 Å². The van der Waals surface area contributed by atoms with Crippen molar-refractivity contribution in [2.24, 2.45) is 0 Å². The molecule has 2 aromatic rings. The van der Waals surface area contributed by atoms with Gasteiger partial charge in [-0.2, -0.15) is 0 Å². The second-order valence-corrected chi connectivity index (χ2v) is 4.87. The second kappa shape index (κ2) is 5.42. The Labute approximate surface area is 107 Å². The molecule has 0 bridgehead atoms. The Morgan fingerprint density at radius 3 is 2.65 bits per heavy atom. The summed E-state index contributed by atoms with van der Waals surface area (Å²) in [5.74, 6) is 0.399. The molecule has 2 rings (SSSR count). The van der Waals surface area contributed by atoms with Crippen molar-refractivity contribution in [3.8, 4) is 5.75 Å². The zero-order valence-electron chi connectivity index (χ0n) is 10.0. The minimum Gasteiger partial charge on any atom is -0.508 e. The first-order valence-corrected chi connectivity index (χ1v) is 6.49. The van der Waals surface area contributed by atoms with Crippen LogP contribution in [0.4, 0.5) is 0 Å². The fraction of sp³-hybridized carbons (Fsp3) is 0.333. The highest BCUT2D eigenvalue weighted by Gasteiger charge is 2.04. The number of benzene rings is 2. The molecule has 2 aromatic carbocycles. The lowest BCUT2D eigenvalue weighted by atomic mass is 10.0. The molecule has 17 heavy (non-hydrogen) atoms. The lowest BCUT2D eigenvalue weighted by Gasteiger charge is -2.07. The van der Waals surface area contributed by atoms with Crippen molar-refractivity contribution >= 4 is 22.4 Å². The quantitative estimate of drug-likeness (QED) is 0.761. The third-order valence-corrected chi connectivity index (χ3v) is 3.28. The van der Waals surface area contributed by atoms with Crippen LogP contribution in [0.2, 0.25) is 5.02 Å². The number of phenolic OH excluding ortho intramolecular Hbond substituents is 1. The van der Waals surface area contributed by atoms with E-state index < -0.39 is 0 Å². The summed E-state index contributed by atoms with van der Waals surface area (Å²) in [7, 11) is 0. The summed E-state index contributed by atoms with van der Waals surface area (Å²) >= 11 is 5.98. The monoisotopic (exact) mass is 248 g/mol. The molecule has 1 nitrogen and oxygen atoms in total. The van der Waals surface area contributed by atoms with Crippen LogP contribution in [0.1, 0.15) is 31.7 Å². The van der Waals surface area contributed by atoms with Gasteiger partial charge in [0.2, 0.25) is 0 Å². The molecule has 0 radical (unpaired) electrons. The fourth-order valence-corrected chi connectivity index (χ4v) is 2.25. The molecule has 0 atom stereocenters. The maximum atomic E-state index is 9.94. The highest BCUT2D eigenvalue weighted by Crippen LogP contribution is 2.28. The molecule has 2 heteroatoms. The summed E-state index contributed by atoms with van der Waals surface area (Å²) < 4.78 is 0. The number of halogens is 1. The molecule has 1 N–H and O–H groups in total. The molecule has 0 heterocycles. The van der Waals surface area contributed by atoms with E-state index in [1.54, 1.807) is 0 Å². The van der Waals surface area contributed by atoms with Crippen LogP contribution in [0.15, 0.2) is 30.3 Å². The molecular formula is C15H17ClO. The number of fused-ring (bicyclic) bond motifs is 1. The Kier molecular flexibility index (Phi) is 3.90. The van der Waals surface area contributed by atoms with E-state index >= 15 is 0 Å². The van der Waals surface area contributed by atoms with Crippen molar-refractivity contribution in [3.05, 3.63) is 40.9 Å². The number of phenols is 1. The average Bonchev–Trinajstić information content (AvgIpc) is 2.31. The molecule has 0 saturated heterocycles. The summed E-state index contributed by atoms with van der Waals surface area (Å²) in [4.78, 5) is 0. The molecule has 0 amide bonds. The van der Waals surface area contributed by atoms with Crippen molar-refractivity contribution in [1.29, 1.82) is 0 Å². The zero-order chi connectivity index (χ0) is 12.3. The van der Waals surface area contributed by atoms with Crippen LogP contribution < -0.4 is 0 Å². The molecule has 0 aliphatic heterocycles. The van der Waals surface area contributed by atoms with E-state index in [1.807, 2.05) is 30.3 Å². The van der Waals surface area contributed by atoms with E-state index in [9.17, 15) is 5.11 Å². The van der Waals surface area contributed by atoms with Gasteiger partial charge < -0.3 is 5.11 Å². The van der Waals surface area contributed by atoms with E-state index in [2.05, 4.69) is 6.92 Å². The Balaban J connectivity index is 2.32. The number of rotatable bonds is 4. The predicted molar refractivity (Wildman–Crippen MR) is 73.9 cm³/mol. The molecule has 0 aliphatic carbocycles. The predicted octanol–water partition coefficient (Wildman–Crippen LogP) is 4.93. The van der Waals surface area contributed by atoms with Gasteiger partial charge in [0.25, 0.3) is 0 Å². The van der Waals surface area contributed by atoms with Gasteiger partial charge in [-0.1, -0.05) is 37.4 Å². The van der Waals surface area contributed by atoms with Crippen molar-refractivity contribution in [2.75, 3.05) is 0 Å². The van der Waals surface area contributed by atoms with Gasteiger partial charge in [0, 0.05) is 5.02 Å². The molecule has 0 fully saturated rings. The van der Waals surface area contributed by atoms with Gasteiger partial charge in [0.15, 0.2) is 0 Å². The van der Waals surface area contributed by atoms with E-state index in [0.717, 1.165) is 34.2 Å². The summed E-state index contributed by atoms with van der Waals surface area (Å²) in [5, 5.41) is 12.8. The Morgan fingerprint density at radius 1 is 1.06 bits per heavy atom. The minimum atomic E-state index is 0.399. The third kappa shape index (κ3) is 2.92. The first kappa shape index (κ1) is 12.3. The van der Waals surface area contributed by atoms with E-state index in [0.29, 0.717) is 5.75 Å². The standard InChI is InChI=1S/C15H17ClO/c1-2-3-4-5-12-8-13-9-14(16)7-6-11(13)10-15(12)17/h6-10,17H,2-5H2,1H3. The summed E-state index contributed by atoms with van der Waals surface area (Å²) in [6.07, 6.45) is 4.45. The number of hydrogen-bond donors (Lipinski definition) is 1. The number of unbranched alkanes of at least 4 members (excludes halogenated alkanes) is 2. The molecule has 0 aromatic heterocycles. The Morgan fingerprint density at radius 2 is 1.88 bits per heavy atom. The van der Waals surface area contributed by atoms with Crippen LogP contribution in [0.3, 0.4) is 0 Å². The first-order chi connectivity index (χ1) is 8.20. The molecule has 0 saturated carbocycles. The average molecular weight is 249 g/mol. The molecular weight excluding hydrogens is 232 g/mol. The highest BCUT2D eigenvalue weighted by atomic mass is 35.5. The van der Waals surface area contributed by atoms with E-state index in [4.69, 9.17) is 11.6 Å². The maximum Gasteiger partial charge on any atom is 0.119 e. The van der Waals surface area contributed by atoms with Gasteiger partial charge in [0.1, 0.15) is 5.75 Å². The molecule has 90 valence electrons. The third-order valence-electron chi connectivity index (χ3n) is 3.05. The number of aromatic hydroxyl groups is 1. The van der Waals surface area contributed by atoms with Crippen LogP contribution in [0.25, 0.3) is 10.8 Å². The largest absolute Gasteiger partial charge is 0.508 e. The topological polar surface area (TPSA) is 20.2 Å². The molecule has 0 aliphatic rings. The molecule has 0 spiro atoms. The SMILES string of the molecule is CCCCCc1cc2cc(Cl)ccc2cc1O. The number of aryl methyl sites for hydroxylation is 1. The van der Waals surface area contributed by atoms with Crippen LogP contribution in [0.5, 0.6) is 5.75 Å². The van der Waals surface area contributed by atoms with Crippen molar-refractivity contribution in [1.82, 2.24) is 0 Å². The first-order valence-electron chi connectivity index (χ1n) is 6.12. The van der Waals surface area contributed by atoms with E-state index in [-0.39, 0.29) is 0 Å². The minimum absolute atomic E-state index is 0.399. The van der Waals surface area contributed by atoms with Crippen LogP contribution in [0, 0.1) is 0 Å². The molecule has 0 unspecified atom stereocenters. The summed E-state index contributed by atoms with van der Waals surface area (Å²) in [6.45, 7) is 2.18. The van der Waals surface area contributed by atoms with Gasteiger partial charge in [-0.05, 0) is 53.4 Å². The Hall–Kier alpha value is -1.21. The highest BCUT2D eigenvalue weighted by molar-refractivity contribution is 6.31. The zero-order valence-corrected chi connectivity index (χ0v) is 10.8. The lowest BCUT2D eigenvalue weighted by molar-refractivity contribution is 0.467. The van der Waals surface area contributed by atoms with Gasteiger partial charge in [0.05, 0.1) is 0 Å². The number of hydrogen-bond acceptors (Lipinski definition) is 1. The van der Waals surface area contributed by atoms with Crippen LogP contribution >= 0.6 is 11.6 Å². The summed E-state index contributed by atoms with van der Waals surface area (Å²) in [6, 6.07) is 9.60. The van der Waals surface area contributed by atoms with Crippen LogP contribution in [-0.2, 0) is 6.42 Å². The Bertz CT molecular complexity index is 520. The summed E-state index contributed by atoms with van der Waals surface area (Å²) in [5.41, 5.74) is 1.02. The van der Waals surface area contributed by atoms with E-state index in [1.165, 1.54) is 12.8 Å². The van der Waals surface area contributed by atoms with Crippen LogP contribution in [-0.4, -0.2) is 5.11 Å². The van der Waals surface area contributed by atoms with Gasteiger partial charge in [-0.15, -0.1) is 0 Å². The fourth-order valence-electron chi connectivity index (χ4n) is 2.07. The smallest absolute Gasteiger partial charge is 0.119 e. The normalized spacial score (nSPS) is 10.9. The van der Waals surface area contributed by atoms with Gasteiger partial charge in [-0.3, -0.25) is 0 Å². The van der Waals surface area contributed by atoms with Crippen molar-refractivity contribution < 1.29 is 5.11 Å². The second-order valence-electron chi connectivity index (χ2n) is 4.43.